The SMILES string of the molecule is CO[C@H]1C[C@@H]2CC[C@@H](C)[C@@](O)(O2)C(=O)C(=O)N2CCCC[C@H]2C(=O)O[C@H]([C@H](C)C[C@@H]2CC[C@@H](OC(=O)N3CCOCC3)[C@H](OC)C2)CC(=O)[C@H](C)/C=C(\C)[C@@H](O)[C@@H](OC)C(=O)[C@H](C)C[C@H](C)CCCCC=C1C. The van der Waals surface area contributed by atoms with Crippen molar-refractivity contribution in [3.8, 4) is 0 Å². The zero-order valence-electron chi connectivity index (χ0n) is 45.7. The molecule has 4 aliphatic heterocycles. The number of nitrogens with zero attached hydrogens (tertiary/aromatic N) is 2. The average Bonchev–Trinajstić information content (AvgIpc) is 3.38. The lowest BCUT2D eigenvalue weighted by Gasteiger charge is -2.42. The van der Waals surface area contributed by atoms with E-state index in [0.717, 1.165) is 31.3 Å². The van der Waals surface area contributed by atoms with Crippen molar-refractivity contribution in [3.63, 3.8) is 0 Å². The molecule has 2 N–H and O–H groups in total. The molecule has 17 heteroatoms. The van der Waals surface area contributed by atoms with Crippen LogP contribution in [0.5, 0.6) is 0 Å². The van der Waals surface area contributed by atoms with E-state index in [1.54, 1.807) is 46.0 Å². The summed E-state index contributed by atoms with van der Waals surface area (Å²) in [5.74, 6) is -7.77. The van der Waals surface area contributed by atoms with Crippen LogP contribution in [0.25, 0.3) is 0 Å². The van der Waals surface area contributed by atoms with Crippen molar-refractivity contribution in [1.29, 1.82) is 0 Å². The molecule has 3 saturated heterocycles. The molecule has 0 spiro atoms. The molecule has 2 amide bonds. The molecule has 1 aliphatic carbocycles. The quantitative estimate of drug-likeness (QED) is 0.148. The first-order valence-electron chi connectivity index (χ1n) is 27.4. The molecule has 0 aromatic carbocycles. The number of ketones is 3. The summed E-state index contributed by atoms with van der Waals surface area (Å²) < 4.78 is 41.3. The number of Topliss-reactive ketones (excluding diaryl/α,β-unsaturated/α-hetero) is 3. The van der Waals surface area contributed by atoms with E-state index in [9.17, 15) is 39.0 Å². The Morgan fingerprint density at radius 3 is 2.22 bits per heavy atom. The summed E-state index contributed by atoms with van der Waals surface area (Å²) in [4.78, 5) is 87.3. The van der Waals surface area contributed by atoms with E-state index in [-0.39, 0.29) is 66.8 Å². The largest absolute Gasteiger partial charge is 0.460 e. The summed E-state index contributed by atoms with van der Waals surface area (Å²) in [5, 5.41) is 23.6. The topological polar surface area (TPSA) is 214 Å². The van der Waals surface area contributed by atoms with Gasteiger partial charge in [0.05, 0.1) is 31.5 Å². The molecule has 5 aliphatic rings. The molecule has 414 valence electrons. The molecule has 0 radical (unpaired) electrons. The number of fused-ring (bicyclic) bond motifs is 3. The lowest BCUT2D eigenvalue weighted by Crippen LogP contribution is -2.61. The van der Waals surface area contributed by atoms with Gasteiger partial charge in [-0.25, -0.2) is 9.59 Å². The number of esters is 1. The van der Waals surface area contributed by atoms with E-state index >= 15 is 0 Å². The second kappa shape index (κ2) is 28.5. The van der Waals surface area contributed by atoms with Crippen LogP contribution in [0.1, 0.15) is 151 Å². The fourth-order valence-corrected chi connectivity index (χ4v) is 11.7. The first-order valence-corrected chi connectivity index (χ1v) is 27.4. The van der Waals surface area contributed by atoms with E-state index in [1.807, 2.05) is 20.8 Å². The summed E-state index contributed by atoms with van der Waals surface area (Å²) in [6.07, 6.45) is 7.14. The van der Waals surface area contributed by atoms with Crippen LogP contribution in [0, 0.1) is 35.5 Å². The Bertz CT molecular complexity index is 1920. The summed E-state index contributed by atoms with van der Waals surface area (Å²) >= 11 is 0. The Morgan fingerprint density at radius 2 is 1.53 bits per heavy atom. The molecular weight excluding hydrogens is 941 g/mol. The third-order valence-corrected chi connectivity index (χ3v) is 16.6. The van der Waals surface area contributed by atoms with E-state index in [0.29, 0.717) is 96.1 Å². The van der Waals surface area contributed by atoms with Crippen LogP contribution in [0.2, 0.25) is 0 Å². The van der Waals surface area contributed by atoms with Crippen LogP contribution in [-0.2, 0) is 57.1 Å². The molecule has 4 fully saturated rings. The standard InChI is InChI=1S/C56H90N2O15/c1-34-16-12-11-13-17-35(2)46(67-8)32-42-21-19-40(7)56(66,73-42)52(62)53(63)58-23-15-14-18-43(58)54(64)71-47(33-44(59)36(3)29-39(6)50(61)51(69-10)49(60)38(5)28-34)37(4)30-41-20-22-45(48(31-41)68-9)72-55(65)57-24-26-70-27-25-57/h17,29,34,36-38,40-43,45-48,50-51,61,66H,11-16,18-28,30-33H2,1-10H3/b35-17?,39-29+/t34-,36-,37-,38-,40-,41+,42+,43+,45-,46+,47+,48-,50-,51+,56-/m1/s1. The molecule has 17 nitrogen and oxygen atoms in total. The minimum atomic E-state index is -2.43. The fourth-order valence-electron chi connectivity index (χ4n) is 11.7. The van der Waals surface area contributed by atoms with Gasteiger partial charge in [-0.2, -0.15) is 0 Å². The summed E-state index contributed by atoms with van der Waals surface area (Å²) in [5.41, 5.74) is 1.39. The highest BCUT2D eigenvalue weighted by Crippen LogP contribution is 2.38. The number of cyclic esters (lactones) is 1. The molecule has 4 heterocycles. The number of rotatable bonds is 7. The van der Waals surface area contributed by atoms with Crippen LogP contribution in [-0.4, -0.2) is 164 Å². The van der Waals surface area contributed by atoms with Crippen LogP contribution in [0.4, 0.5) is 4.79 Å². The number of methoxy groups -OCH3 is 3. The lowest BCUT2D eigenvalue weighted by atomic mass is 9.78. The maximum absolute atomic E-state index is 14.6. The average molecular weight is 1030 g/mol. The Kier molecular flexibility index (Phi) is 23.6. The van der Waals surface area contributed by atoms with Crippen molar-refractivity contribution in [2.75, 3.05) is 54.2 Å². The molecule has 0 aromatic rings. The molecule has 73 heavy (non-hydrogen) atoms. The van der Waals surface area contributed by atoms with Crippen LogP contribution >= 0.6 is 0 Å². The maximum Gasteiger partial charge on any atom is 0.410 e. The van der Waals surface area contributed by atoms with E-state index in [2.05, 4.69) is 13.0 Å². The van der Waals surface area contributed by atoms with Gasteiger partial charge in [0.2, 0.25) is 5.79 Å². The second-order valence-electron chi connectivity index (χ2n) is 22.2. The Balaban J connectivity index is 1.42. The number of aliphatic hydroxyl groups excluding tert-OH is 1. The molecule has 2 bridgehead atoms. The maximum atomic E-state index is 14.6. The van der Waals surface area contributed by atoms with Gasteiger partial charge in [0.1, 0.15) is 36.2 Å². The highest BCUT2D eigenvalue weighted by Gasteiger charge is 2.53. The zero-order chi connectivity index (χ0) is 53.6. The number of amides is 2. The van der Waals surface area contributed by atoms with Crippen LogP contribution in [0.3, 0.4) is 0 Å². The monoisotopic (exact) mass is 1030 g/mol. The number of carbonyl (C=O) groups excluding carboxylic acids is 6. The van der Waals surface area contributed by atoms with Crippen molar-refractivity contribution in [1.82, 2.24) is 9.80 Å². The number of aliphatic hydroxyl groups is 2. The highest BCUT2D eigenvalue weighted by molar-refractivity contribution is 6.39. The minimum absolute atomic E-state index is 0.0528. The van der Waals surface area contributed by atoms with Crippen molar-refractivity contribution in [3.05, 3.63) is 23.3 Å². The van der Waals surface area contributed by atoms with Gasteiger partial charge in [-0.05, 0) is 120 Å². The molecule has 0 aromatic heterocycles. The number of morpholine rings is 1. The first kappa shape index (κ1) is 60.3. The van der Waals surface area contributed by atoms with Crippen LogP contribution in [0.15, 0.2) is 23.3 Å². The van der Waals surface area contributed by atoms with Gasteiger partial charge in [0, 0.05) is 71.6 Å². The molecular formula is C56H90N2O15. The van der Waals surface area contributed by atoms with Gasteiger partial charge in [-0.15, -0.1) is 0 Å². The highest BCUT2D eigenvalue weighted by atomic mass is 16.6. The number of allylic oxidation sites excluding steroid dienone is 2. The molecule has 0 unspecified atom stereocenters. The number of carbonyl (C=O) groups is 6. The summed E-state index contributed by atoms with van der Waals surface area (Å²) in [6.45, 7) is 14.8. The fraction of sp³-hybridized carbons (Fsp3) is 0.821. The number of piperidine rings is 1. The van der Waals surface area contributed by atoms with Crippen LogP contribution < -0.4 is 0 Å². The predicted octanol–water partition coefficient (Wildman–Crippen LogP) is 7.11. The molecule has 1 saturated carbocycles. The van der Waals surface area contributed by atoms with Gasteiger partial charge < -0.3 is 53.2 Å². The third kappa shape index (κ3) is 16.2. The van der Waals surface area contributed by atoms with Crippen molar-refractivity contribution < 1.29 is 72.1 Å². The van der Waals surface area contributed by atoms with Gasteiger partial charge in [-0.1, -0.05) is 59.6 Å². The van der Waals surface area contributed by atoms with Gasteiger partial charge in [-0.3, -0.25) is 19.2 Å². The first-order chi connectivity index (χ1) is 34.7. The molecule has 15 atom stereocenters. The van der Waals surface area contributed by atoms with Crippen molar-refractivity contribution in [2.45, 2.75) is 206 Å². The molecule has 5 rings (SSSR count). The Labute approximate surface area is 434 Å². The smallest absolute Gasteiger partial charge is 0.410 e. The van der Waals surface area contributed by atoms with Gasteiger partial charge in [0.25, 0.3) is 11.7 Å². The second-order valence-corrected chi connectivity index (χ2v) is 22.2. The van der Waals surface area contributed by atoms with Crippen molar-refractivity contribution >= 4 is 35.3 Å². The lowest BCUT2D eigenvalue weighted by molar-refractivity contribution is -0.265. The van der Waals surface area contributed by atoms with E-state index in [1.165, 1.54) is 12.0 Å². The summed E-state index contributed by atoms with van der Waals surface area (Å²) in [6, 6.07) is -1.16. The normalized spacial score (nSPS) is 37.3. The number of hydrogen-bond acceptors (Lipinski definition) is 15. The predicted molar refractivity (Wildman–Crippen MR) is 272 cm³/mol. The van der Waals surface area contributed by atoms with Gasteiger partial charge >= 0.3 is 12.1 Å². The minimum Gasteiger partial charge on any atom is -0.460 e. The number of hydrogen-bond donors (Lipinski definition) is 2. The number of ether oxygens (including phenoxy) is 7. The van der Waals surface area contributed by atoms with E-state index in [4.69, 9.17) is 33.2 Å². The summed E-state index contributed by atoms with van der Waals surface area (Å²) in [7, 11) is 4.60. The van der Waals surface area contributed by atoms with Gasteiger partial charge in [0.15, 0.2) is 5.78 Å². The Hall–Kier alpha value is -3.58. The van der Waals surface area contributed by atoms with Crippen molar-refractivity contribution in [2.24, 2.45) is 35.5 Å². The zero-order valence-corrected chi connectivity index (χ0v) is 45.7. The third-order valence-electron chi connectivity index (χ3n) is 16.6. The van der Waals surface area contributed by atoms with E-state index < -0.39 is 77.9 Å². The Morgan fingerprint density at radius 1 is 0.822 bits per heavy atom.